The molecule has 1 unspecified atom stereocenters. The van der Waals surface area contributed by atoms with Gasteiger partial charge in [0.2, 0.25) is 0 Å². The Morgan fingerprint density at radius 3 is 2.42 bits per heavy atom. The summed E-state index contributed by atoms with van der Waals surface area (Å²) in [5.74, 6) is 0. The predicted molar refractivity (Wildman–Crippen MR) is 52.5 cm³/mol. The van der Waals surface area contributed by atoms with Crippen LogP contribution in [0.1, 0.15) is 34.1 Å². The molecule has 1 atom stereocenters. The van der Waals surface area contributed by atoms with E-state index in [1.165, 1.54) is 0 Å². The van der Waals surface area contributed by atoms with E-state index in [4.69, 9.17) is 4.84 Å². The van der Waals surface area contributed by atoms with E-state index in [0.29, 0.717) is 0 Å². The third-order valence-corrected chi connectivity index (χ3v) is 1.75. The van der Waals surface area contributed by atoms with Gasteiger partial charge in [-0.2, -0.15) is 0 Å². The van der Waals surface area contributed by atoms with Crippen molar-refractivity contribution in [3.63, 3.8) is 0 Å². The van der Waals surface area contributed by atoms with Gasteiger partial charge in [-0.3, -0.25) is 0 Å². The molecule has 12 heavy (non-hydrogen) atoms. The number of rotatable bonds is 5. The fraction of sp³-hybridized carbons (Fsp3) is 0.889. The normalized spacial score (nSPS) is 15.1. The predicted octanol–water partition coefficient (Wildman–Crippen LogP) is 1.79. The first-order valence-corrected chi connectivity index (χ1v) is 4.38. The molecule has 0 aromatic carbocycles. The van der Waals surface area contributed by atoms with E-state index in [2.05, 4.69) is 24.3 Å². The van der Waals surface area contributed by atoms with Crippen LogP contribution in [0.5, 0.6) is 0 Å². The molecule has 0 spiro atoms. The molecule has 0 bridgehead atoms. The van der Waals surface area contributed by atoms with Gasteiger partial charge in [-0.1, -0.05) is 12.1 Å². The van der Waals surface area contributed by atoms with Crippen LogP contribution in [-0.2, 0) is 4.84 Å². The Hall–Kier alpha value is -0.570. The van der Waals surface area contributed by atoms with Crippen LogP contribution in [-0.4, -0.2) is 24.9 Å². The number of hydrogen-bond acceptors (Lipinski definition) is 3. The molecule has 72 valence electrons. The van der Waals surface area contributed by atoms with Crippen LogP contribution in [0.25, 0.3) is 0 Å². The third-order valence-electron chi connectivity index (χ3n) is 1.75. The lowest BCUT2D eigenvalue weighted by molar-refractivity contribution is -0.0294. The maximum atomic E-state index is 5.41. The largest absolute Gasteiger partial charge is 0.388 e. The van der Waals surface area contributed by atoms with Gasteiger partial charge in [-0.05, 0) is 34.2 Å². The molecule has 0 aromatic rings. The SMILES string of the molecule is CCC(C)(CNC)ON=C(C)C. The Morgan fingerprint density at radius 2 is 2.08 bits per heavy atom. The van der Waals surface area contributed by atoms with Crippen LogP contribution in [0.15, 0.2) is 5.16 Å². The minimum Gasteiger partial charge on any atom is -0.388 e. The van der Waals surface area contributed by atoms with Crippen molar-refractivity contribution >= 4 is 5.71 Å². The summed E-state index contributed by atoms with van der Waals surface area (Å²) in [5, 5.41) is 7.05. The van der Waals surface area contributed by atoms with Gasteiger partial charge in [-0.15, -0.1) is 0 Å². The lowest BCUT2D eigenvalue weighted by Crippen LogP contribution is -2.37. The highest BCUT2D eigenvalue weighted by molar-refractivity contribution is 5.78. The van der Waals surface area contributed by atoms with E-state index in [1.54, 1.807) is 0 Å². The Labute approximate surface area is 75.2 Å². The number of oxime groups is 1. The van der Waals surface area contributed by atoms with E-state index in [0.717, 1.165) is 18.7 Å². The molecule has 0 aliphatic heterocycles. The first kappa shape index (κ1) is 11.4. The molecule has 0 radical (unpaired) electrons. The Bertz CT molecular complexity index is 153. The third kappa shape index (κ3) is 4.34. The summed E-state index contributed by atoms with van der Waals surface area (Å²) in [5.41, 5.74) is 0.775. The average Bonchev–Trinajstić information content (AvgIpc) is 2.02. The van der Waals surface area contributed by atoms with Gasteiger partial charge in [0.15, 0.2) is 0 Å². The minimum atomic E-state index is -0.175. The highest BCUT2D eigenvalue weighted by Gasteiger charge is 2.22. The van der Waals surface area contributed by atoms with E-state index >= 15 is 0 Å². The van der Waals surface area contributed by atoms with Crippen LogP contribution < -0.4 is 5.32 Å². The van der Waals surface area contributed by atoms with Crippen molar-refractivity contribution in [3.8, 4) is 0 Å². The summed E-state index contributed by atoms with van der Waals surface area (Å²) in [6.07, 6.45) is 0.949. The smallest absolute Gasteiger partial charge is 0.147 e. The lowest BCUT2D eigenvalue weighted by atomic mass is 10.0. The van der Waals surface area contributed by atoms with E-state index in [1.807, 2.05) is 20.9 Å². The molecule has 1 N–H and O–H groups in total. The van der Waals surface area contributed by atoms with Crippen LogP contribution in [0, 0.1) is 0 Å². The number of likely N-dealkylation sites (N-methyl/N-ethyl adjacent to an activating group) is 1. The van der Waals surface area contributed by atoms with Gasteiger partial charge in [0.1, 0.15) is 5.60 Å². The van der Waals surface area contributed by atoms with Crippen molar-refractivity contribution in [1.82, 2.24) is 5.32 Å². The summed E-state index contributed by atoms with van der Waals surface area (Å²) < 4.78 is 0. The fourth-order valence-electron chi connectivity index (χ4n) is 0.797. The van der Waals surface area contributed by atoms with Crippen molar-refractivity contribution in [1.29, 1.82) is 0 Å². The lowest BCUT2D eigenvalue weighted by Gasteiger charge is -2.25. The minimum absolute atomic E-state index is 0.175. The zero-order valence-corrected chi connectivity index (χ0v) is 8.77. The van der Waals surface area contributed by atoms with E-state index < -0.39 is 0 Å². The average molecular weight is 172 g/mol. The van der Waals surface area contributed by atoms with Crippen molar-refractivity contribution < 1.29 is 4.84 Å². The molecule has 3 heteroatoms. The van der Waals surface area contributed by atoms with Crippen LogP contribution >= 0.6 is 0 Å². The zero-order valence-electron chi connectivity index (χ0n) is 8.77. The first-order valence-electron chi connectivity index (χ1n) is 4.38. The summed E-state index contributed by atoms with van der Waals surface area (Å²) in [6.45, 7) is 8.82. The van der Waals surface area contributed by atoms with Crippen molar-refractivity contribution in [2.45, 2.75) is 39.7 Å². The maximum Gasteiger partial charge on any atom is 0.147 e. The molecular formula is C9H20N2O. The van der Waals surface area contributed by atoms with Crippen molar-refractivity contribution in [2.24, 2.45) is 5.16 Å². The summed E-state index contributed by atoms with van der Waals surface area (Å²) in [4.78, 5) is 5.41. The number of nitrogens with one attached hydrogen (secondary N) is 1. The highest BCUT2D eigenvalue weighted by Crippen LogP contribution is 2.14. The monoisotopic (exact) mass is 172 g/mol. The molecule has 0 amide bonds. The number of hydrogen-bond donors (Lipinski definition) is 1. The molecular weight excluding hydrogens is 152 g/mol. The van der Waals surface area contributed by atoms with E-state index in [9.17, 15) is 0 Å². The molecule has 0 saturated carbocycles. The second kappa shape index (κ2) is 5.14. The highest BCUT2D eigenvalue weighted by atomic mass is 16.6. The van der Waals surface area contributed by atoms with Gasteiger partial charge < -0.3 is 10.2 Å². The number of nitrogens with zero attached hydrogens (tertiary/aromatic N) is 1. The molecule has 0 fully saturated rings. The van der Waals surface area contributed by atoms with Crippen molar-refractivity contribution in [2.75, 3.05) is 13.6 Å². The maximum absolute atomic E-state index is 5.41. The van der Waals surface area contributed by atoms with Crippen LogP contribution in [0.4, 0.5) is 0 Å². The second-order valence-electron chi connectivity index (χ2n) is 3.46. The summed E-state index contributed by atoms with van der Waals surface area (Å²) in [6, 6.07) is 0. The molecule has 0 heterocycles. The Kier molecular flexibility index (Phi) is 4.90. The Morgan fingerprint density at radius 1 is 1.50 bits per heavy atom. The van der Waals surface area contributed by atoms with Crippen LogP contribution in [0.3, 0.4) is 0 Å². The Balaban J connectivity index is 4.04. The second-order valence-corrected chi connectivity index (χ2v) is 3.46. The van der Waals surface area contributed by atoms with E-state index in [-0.39, 0.29) is 5.60 Å². The van der Waals surface area contributed by atoms with Crippen molar-refractivity contribution in [3.05, 3.63) is 0 Å². The fourth-order valence-corrected chi connectivity index (χ4v) is 0.797. The molecule has 0 saturated heterocycles. The quantitative estimate of drug-likeness (QED) is 0.506. The summed E-state index contributed by atoms with van der Waals surface area (Å²) in [7, 11) is 1.92. The van der Waals surface area contributed by atoms with Gasteiger partial charge in [0.25, 0.3) is 0 Å². The first-order chi connectivity index (χ1) is 5.54. The standard InChI is InChI=1S/C9H20N2O/c1-6-9(4,7-10-5)12-11-8(2)3/h10H,6-7H2,1-5H3. The van der Waals surface area contributed by atoms with Gasteiger partial charge in [-0.25, -0.2) is 0 Å². The van der Waals surface area contributed by atoms with Gasteiger partial charge >= 0.3 is 0 Å². The zero-order chi connectivity index (χ0) is 9.61. The van der Waals surface area contributed by atoms with Gasteiger partial charge in [0.05, 0.1) is 5.71 Å². The van der Waals surface area contributed by atoms with Gasteiger partial charge in [0, 0.05) is 6.54 Å². The molecule has 0 aliphatic carbocycles. The van der Waals surface area contributed by atoms with Crippen LogP contribution in [0.2, 0.25) is 0 Å². The molecule has 0 rings (SSSR count). The molecule has 0 aromatic heterocycles. The molecule has 3 nitrogen and oxygen atoms in total. The summed E-state index contributed by atoms with van der Waals surface area (Å²) >= 11 is 0. The molecule has 0 aliphatic rings. The topological polar surface area (TPSA) is 33.6 Å².